The number of halogens is 1. The number of carbonyl (C=O) groups is 1. The summed E-state index contributed by atoms with van der Waals surface area (Å²) < 4.78 is 1.07. The molecule has 0 aliphatic carbocycles. The van der Waals surface area contributed by atoms with Gasteiger partial charge in [0.25, 0.3) is 0 Å². The number of hydrogen-bond donors (Lipinski definition) is 1. The van der Waals surface area contributed by atoms with E-state index >= 15 is 0 Å². The predicted molar refractivity (Wildman–Crippen MR) is 81.5 cm³/mol. The number of benzene rings is 2. The number of nitrogens with zero attached hydrogens (tertiary/aromatic N) is 1. The number of carbonyl (C=O) groups excluding carboxylic acids is 1. The van der Waals surface area contributed by atoms with Gasteiger partial charge in [0.15, 0.2) is 0 Å². The van der Waals surface area contributed by atoms with Crippen LogP contribution in [-0.4, -0.2) is 25.5 Å². The zero-order valence-corrected chi connectivity index (χ0v) is 12.3. The topological polar surface area (TPSA) is 32.3 Å². The highest BCUT2D eigenvalue weighted by Gasteiger charge is 2.31. The summed E-state index contributed by atoms with van der Waals surface area (Å²) in [7, 11) is 1.84. The smallest absolute Gasteiger partial charge is 0.244 e. The summed E-state index contributed by atoms with van der Waals surface area (Å²) in [5, 5.41) is 5.39. The highest BCUT2D eigenvalue weighted by atomic mass is 79.9. The summed E-state index contributed by atoms with van der Waals surface area (Å²) >= 11 is 3.47. The van der Waals surface area contributed by atoms with Gasteiger partial charge in [-0.2, -0.15) is 0 Å². The number of anilines is 1. The summed E-state index contributed by atoms with van der Waals surface area (Å²) in [5.41, 5.74) is 0.984. The summed E-state index contributed by atoms with van der Waals surface area (Å²) in [6.07, 6.45) is 0.869. The van der Waals surface area contributed by atoms with Crippen LogP contribution in [0.4, 0.5) is 5.69 Å². The third kappa shape index (κ3) is 2.26. The summed E-state index contributed by atoms with van der Waals surface area (Å²) in [4.78, 5) is 14.0. The predicted octanol–water partition coefficient (Wildman–Crippen LogP) is 2.93. The van der Waals surface area contributed by atoms with Crippen molar-refractivity contribution < 1.29 is 4.79 Å². The maximum atomic E-state index is 12.2. The Kier molecular flexibility index (Phi) is 3.29. The van der Waals surface area contributed by atoms with Crippen LogP contribution in [0.25, 0.3) is 10.8 Å². The van der Waals surface area contributed by atoms with Crippen LogP contribution in [0.1, 0.15) is 6.42 Å². The maximum absolute atomic E-state index is 12.2. The fourth-order valence-electron chi connectivity index (χ4n) is 2.58. The molecule has 1 aliphatic heterocycles. The molecule has 1 unspecified atom stereocenters. The SMILES string of the molecule is CNC1CCN(c2ccc3cc(Br)ccc3c2)C1=O. The van der Waals surface area contributed by atoms with Gasteiger partial charge in [-0.25, -0.2) is 0 Å². The van der Waals surface area contributed by atoms with Gasteiger partial charge in [0.1, 0.15) is 0 Å². The first kappa shape index (κ1) is 12.6. The van der Waals surface area contributed by atoms with Crippen molar-refractivity contribution in [1.82, 2.24) is 5.32 Å². The molecule has 0 aromatic heterocycles. The lowest BCUT2D eigenvalue weighted by Gasteiger charge is -2.17. The molecule has 0 bridgehead atoms. The van der Waals surface area contributed by atoms with E-state index in [0.717, 1.165) is 28.5 Å². The molecule has 1 fully saturated rings. The van der Waals surface area contributed by atoms with E-state index in [9.17, 15) is 4.79 Å². The highest BCUT2D eigenvalue weighted by Crippen LogP contribution is 2.27. The third-order valence-corrected chi connectivity index (χ3v) is 4.14. The highest BCUT2D eigenvalue weighted by molar-refractivity contribution is 9.10. The van der Waals surface area contributed by atoms with E-state index in [4.69, 9.17) is 0 Å². The van der Waals surface area contributed by atoms with E-state index < -0.39 is 0 Å². The van der Waals surface area contributed by atoms with E-state index in [1.807, 2.05) is 24.1 Å². The summed E-state index contributed by atoms with van der Waals surface area (Å²) in [5.74, 6) is 0.166. The molecule has 1 N–H and O–H groups in total. The van der Waals surface area contributed by atoms with Gasteiger partial charge < -0.3 is 10.2 Å². The van der Waals surface area contributed by atoms with Gasteiger partial charge in [-0.3, -0.25) is 4.79 Å². The normalized spacial score (nSPS) is 19.4. The Morgan fingerprint density at radius 1 is 1.21 bits per heavy atom. The van der Waals surface area contributed by atoms with E-state index in [0.29, 0.717) is 0 Å². The third-order valence-electron chi connectivity index (χ3n) is 3.65. The second-order valence-corrected chi connectivity index (χ2v) is 5.71. The summed E-state index contributed by atoms with van der Waals surface area (Å²) in [6, 6.07) is 12.3. The molecule has 1 aliphatic rings. The largest absolute Gasteiger partial charge is 0.311 e. The first-order valence-electron chi connectivity index (χ1n) is 6.37. The van der Waals surface area contributed by atoms with Crippen LogP contribution >= 0.6 is 15.9 Å². The van der Waals surface area contributed by atoms with E-state index in [1.54, 1.807) is 0 Å². The molecule has 2 aromatic rings. The van der Waals surface area contributed by atoms with Crippen molar-refractivity contribution in [3.05, 3.63) is 40.9 Å². The Morgan fingerprint density at radius 3 is 2.68 bits per heavy atom. The lowest BCUT2D eigenvalue weighted by atomic mass is 10.1. The molecule has 3 nitrogen and oxygen atoms in total. The lowest BCUT2D eigenvalue weighted by Crippen LogP contribution is -2.36. The van der Waals surface area contributed by atoms with E-state index in [-0.39, 0.29) is 11.9 Å². The molecule has 4 heteroatoms. The molecule has 3 rings (SSSR count). The Hall–Kier alpha value is -1.39. The molecule has 1 atom stereocenters. The monoisotopic (exact) mass is 318 g/mol. The number of amides is 1. The Morgan fingerprint density at radius 2 is 1.95 bits per heavy atom. The van der Waals surface area contributed by atoms with E-state index in [1.165, 1.54) is 5.39 Å². The van der Waals surface area contributed by atoms with Crippen molar-refractivity contribution in [2.45, 2.75) is 12.5 Å². The Bertz CT molecular complexity index is 641. The molecular weight excluding hydrogens is 304 g/mol. The average Bonchev–Trinajstić information content (AvgIpc) is 2.79. The first-order chi connectivity index (χ1) is 9.19. The number of nitrogens with one attached hydrogen (secondary N) is 1. The van der Waals surface area contributed by atoms with Gasteiger partial charge in [0.2, 0.25) is 5.91 Å². The number of likely N-dealkylation sites (N-methyl/N-ethyl adjacent to an activating group) is 1. The second-order valence-electron chi connectivity index (χ2n) is 4.80. The van der Waals surface area contributed by atoms with Crippen LogP contribution < -0.4 is 10.2 Å². The van der Waals surface area contributed by atoms with Crippen molar-refractivity contribution in [2.75, 3.05) is 18.5 Å². The van der Waals surface area contributed by atoms with Crippen LogP contribution in [-0.2, 0) is 4.79 Å². The van der Waals surface area contributed by atoms with Gasteiger partial charge >= 0.3 is 0 Å². The van der Waals surface area contributed by atoms with Crippen LogP contribution in [0.5, 0.6) is 0 Å². The molecular formula is C15H15BrN2O. The van der Waals surface area contributed by atoms with Crippen molar-refractivity contribution >= 4 is 38.3 Å². The molecule has 0 spiro atoms. The Labute approximate surface area is 120 Å². The van der Waals surface area contributed by atoms with Gasteiger partial charge in [-0.1, -0.05) is 28.1 Å². The molecule has 1 amide bonds. The zero-order chi connectivity index (χ0) is 13.4. The van der Waals surface area contributed by atoms with Crippen molar-refractivity contribution in [3.8, 4) is 0 Å². The minimum absolute atomic E-state index is 0.0411. The number of fused-ring (bicyclic) bond motifs is 1. The number of hydrogen-bond acceptors (Lipinski definition) is 2. The quantitative estimate of drug-likeness (QED) is 0.923. The lowest BCUT2D eigenvalue weighted by molar-refractivity contribution is -0.118. The standard InChI is InChI=1S/C15H15BrN2O/c1-17-14-6-7-18(15(14)19)13-5-3-10-8-12(16)4-2-11(10)9-13/h2-5,8-9,14,17H,6-7H2,1H3. The summed E-state index contributed by atoms with van der Waals surface area (Å²) in [6.45, 7) is 0.784. The van der Waals surface area contributed by atoms with Crippen molar-refractivity contribution in [3.63, 3.8) is 0 Å². The molecule has 1 heterocycles. The molecule has 98 valence electrons. The van der Waals surface area contributed by atoms with Gasteiger partial charge in [-0.05, 0) is 48.5 Å². The van der Waals surface area contributed by atoms with Gasteiger partial charge in [-0.15, -0.1) is 0 Å². The maximum Gasteiger partial charge on any atom is 0.244 e. The minimum Gasteiger partial charge on any atom is -0.311 e. The minimum atomic E-state index is -0.0411. The number of rotatable bonds is 2. The van der Waals surface area contributed by atoms with Crippen LogP contribution in [0, 0.1) is 0 Å². The first-order valence-corrected chi connectivity index (χ1v) is 7.16. The fraction of sp³-hybridized carbons (Fsp3) is 0.267. The second kappa shape index (κ2) is 4.94. The zero-order valence-electron chi connectivity index (χ0n) is 10.7. The van der Waals surface area contributed by atoms with Crippen LogP contribution in [0.2, 0.25) is 0 Å². The van der Waals surface area contributed by atoms with Gasteiger partial charge in [0.05, 0.1) is 6.04 Å². The molecule has 0 saturated carbocycles. The molecule has 2 aromatic carbocycles. The fourth-order valence-corrected chi connectivity index (χ4v) is 2.95. The molecule has 1 saturated heterocycles. The average molecular weight is 319 g/mol. The molecule has 0 radical (unpaired) electrons. The molecule has 19 heavy (non-hydrogen) atoms. The van der Waals surface area contributed by atoms with Crippen molar-refractivity contribution in [2.24, 2.45) is 0 Å². The van der Waals surface area contributed by atoms with Crippen LogP contribution in [0.15, 0.2) is 40.9 Å². The van der Waals surface area contributed by atoms with Crippen LogP contribution in [0.3, 0.4) is 0 Å². The van der Waals surface area contributed by atoms with E-state index in [2.05, 4.69) is 45.5 Å². The Balaban J connectivity index is 1.98. The van der Waals surface area contributed by atoms with Gasteiger partial charge in [0, 0.05) is 16.7 Å². The van der Waals surface area contributed by atoms with Crippen molar-refractivity contribution in [1.29, 1.82) is 0 Å².